The first-order chi connectivity index (χ1) is 9.64. The van der Waals surface area contributed by atoms with Crippen LogP contribution >= 0.6 is 0 Å². The fourth-order valence-electron chi connectivity index (χ4n) is 3.19. The minimum Gasteiger partial charge on any atom is -0.387 e. The number of hydrogen-bond donors (Lipinski definition) is 1. The Bertz CT molecular complexity index is 402. The molecule has 0 spiro atoms. The largest absolute Gasteiger partial charge is 0.387 e. The quantitative estimate of drug-likeness (QED) is 0.885. The second-order valence-corrected chi connectivity index (χ2v) is 6.06. The molecule has 1 fully saturated rings. The zero-order valence-electron chi connectivity index (χ0n) is 13.1. The molecule has 0 radical (unpaired) electrons. The second-order valence-electron chi connectivity index (χ2n) is 6.06. The lowest BCUT2D eigenvalue weighted by Gasteiger charge is -2.41. The van der Waals surface area contributed by atoms with E-state index in [4.69, 9.17) is 0 Å². The van der Waals surface area contributed by atoms with Gasteiger partial charge < -0.3 is 10.0 Å². The third-order valence-electron chi connectivity index (χ3n) is 5.19. The summed E-state index contributed by atoms with van der Waals surface area (Å²) >= 11 is 0. The molecule has 2 heterocycles. The van der Waals surface area contributed by atoms with Gasteiger partial charge in [0.1, 0.15) is 0 Å². The first kappa shape index (κ1) is 15.3. The molecule has 1 N–H and O–H groups in total. The lowest BCUT2D eigenvalue weighted by atomic mass is 9.74. The van der Waals surface area contributed by atoms with E-state index in [0.29, 0.717) is 11.8 Å². The number of anilines is 1. The number of aliphatic hydroxyl groups excluding tert-OH is 1. The Kier molecular flexibility index (Phi) is 5.03. The molecule has 0 aromatic carbocycles. The topological polar surface area (TPSA) is 36.4 Å². The van der Waals surface area contributed by atoms with Crippen LogP contribution < -0.4 is 4.90 Å². The van der Waals surface area contributed by atoms with E-state index < -0.39 is 6.10 Å². The molecule has 1 aromatic rings. The molecule has 0 unspecified atom stereocenters. The van der Waals surface area contributed by atoms with E-state index in [9.17, 15) is 5.11 Å². The van der Waals surface area contributed by atoms with E-state index in [1.807, 2.05) is 19.2 Å². The zero-order chi connectivity index (χ0) is 14.6. The standard InChI is InChI=1S/C17H28N2O/c1-4-16(20)15-8-7-14(13-18-15)19-11-9-17(5-2,6-3)10-12-19/h7-8,13,16,20H,4-6,9-12H2,1-3H3/t16-/m1/s1. The Balaban J connectivity index is 2.00. The molecule has 0 aliphatic carbocycles. The van der Waals surface area contributed by atoms with Crippen molar-refractivity contribution in [3.05, 3.63) is 24.0 Å². The average molecular weight is 276 g/mol. The summed E-state index contributed by atoms with van der Waals surface area (Å²) in [6, 6.07) is 4.07. The van der Waals surface area contributed by atoms with Gasteiger partial charge in [-0.05, 0) is 36.8 Å². The molecule has 0 bridgehead atoms. The van der Waals surface area contributed by atoms with E-state index in [-0.39, 0.29) is 0 Å². The van der Waals surface area contributed by atoms with Gasteiger partial charge in [-0.1, -0.05) is 33.6 Å². The SMILES string of the molecule is CC[C@@H](O)c1ccc(N2CCC(CC)(CC)CC2)cn1. The van der Waals surface area contributed by atoms with E-state index in [1.165, 1.54) is 31.4 Å². The van der Waals surface area contributed by atoms with Gasteiger partial charge in [-0.25, -0.2) is 0 Å². The number of pyridine rings is 1. The Morgan fingerprint density at radius 3 is 2.30 bits per heavy atom. The molecule has 20 heavy (non-hydrogen) atoms. The zero-order valence-corrected chi connectivity index (χ0v) is 13.1. The highest BCUT2D eigenvalue weighted by Crippen LogP contribution is 2.39. The monoisotopic (exact) mass is 276 g/mol. The Hall–Kier alpha value is -1.09. The molecule has 3 nitrogen and oxygen atoms in total. The van der Waals surface area contributed by atoms with Crippen LogP contribution in [0.5, 0.6) is 0 Å². The first-order valence-electron chi connectivity index (χ1n) is 8.03. The minimum absolute atomic E-state index is 0.432. The van der Waals surface area contributed by atoms with Crippen molar-refractivity contribution in [3.63, 3.8) is 0 Å². The fraction of sp³-hybridized carbons (Fsp3) is 0.706. The van der Waals surface area contributed by atoms with E-state index in [0.717, 1.165) is 18.8 Å². The van der Waals surface area contributed by atoms with Gasteiger partial charge in [0.2, 0.25) is 0 Å². The number of hydrogen-bond acceptors (Lipinski definition) is 3. The lowest BCUT2D eigenvalue weighted by molar-refractivity contribution is 0.169. The van der Waals surface area contributed by atoms with Crippen LogP contribution in [-0.2, 0) is 0 Å². The van der Waals surface area contributed by atoms with Crippen LogP contribution in [0.4, 0.5) is 5.69 Å². The third-order valence-corrected chi connectivity index (χ3v) is 5.19. The highest BCUT2D eigenvalue weighted by molar-refractivity contribution is 5.45. The summed E-state index contributed by atoms with van der Waals surface area (Å²) in [5.41, 5.74) is 2.53. The van der Waals surface area contributed by atoms with Crippen molar-refractivity contribution >= 4 is 5.69 Å². The summed E-state index contributed by atoms with van der Waals surface area (Å²) in [5, 5.41) is 9.79. The van der Waals surface area contributed by atoms with Gasteiger partial charge in [0, 0.05) is 13.1 Å². The molecule has 1 aliphatic heterocycles. The maximum atomic E-state index is 9.79. The highest BCUT2D eigenvalue weighted by atomic mass is 16.3. The number of aliphatic hydroxyl groups is 1. The number of nitrogens with zero attached hydrogens (tertiary/aromatic N) is 2. The van der Waals surface area contributed by atoms with Gasteiger partial charge in [0.25, 0.3) is 0 Å². The normalized spacial score (nSPS) is 19.9. The van der Waals surface area contributed by atoms with Crippen molar-refractivity contribution in [2.75, 3.05) is 18.0 Å². The third kappa shape index (κ3) is 3.14. The fourth-order valence-corrected chi connectivity index (χ4v) is 3.19. The Morgan fingerprint density at radius 2 is 1.85 bits per heavy atom. The Morgan fingerprint density at radius 1 is 1.20 bits per heavy atom. The highest BCUT2D eigenvalue weighted by Gasteiger charge is 2.31. The second kappa shape index (κ2) is 6.57. The summed E-state index contributed by atoms with van der Waals surface area (Å²) in [5.74, 6) is 0. The van der Waals surface area contributed by atoms with Crippen LogP contribution in [0.25, 0.3) is 0 Å². The molecule has 0 amide bonds. The van der Waals surface area contributed by atoms with Gasteiger partial charge in [-0.15, -0.1) is 0 Å². The Labute approximate surface area is 123 Å². The molecule has 0 saturated carbocycles. The average Bonchev–Trinajstić information content (AvgIpc) is 2.54. The van der Waals surface area contributed by atoms with Gasteiger partial charge in [-0.3, -0.25) is 4.98 Å². The first-order valence-corrected chi connectivity index (χ1v) is 8.03. The molecule has 1 atom stereocenters. The van der Waals surface area contributed by atoms with Crippen molar-refractivity contribution in [3.8, 4) is 0 Å². The molecule has 1 aromatic heterocycles. The summed E-state index contributed by atoms with van der Waals surface area (Å²) in [4.78, 5) is 6.84. The van der Waals surface area contributed by atoms with Crippen molar-refractivity contribution in [2.24, 2.45) is 5.41 Å². The summed E-state index contributed by atoms with van der Waals surface area (Å²) in [6.07, 6.45) is 7.33. The van der Waals surface area contributed by atoms with Crippen molar-refractivity contribution in [2.45, 2.75) is 59.0 Å². The van der Waals surface area contributed by atoms with Crippen LogP contribution in [-0.4, -0.2) is 23.2 Å². The van der Waals surface area contributed by atoms with Crippen LogP contribution in [0.3, 0.4) is 0 Å². The van der Waals surface area contributed by atoms with E-state index >= 15 is 0 Å². The maximum absolute atomic E-state index is 9.79. The van der Waals surface area contributed by atoms with E-state index in [2.05, 4.69) is 29.8 Å². The maximum Gasteiger partial charge on any atom is 0.0957 e. The van der Waals surface area contributed by atoms with Crippen molar-refractivity contribution in [1.82, 2.24) is 4.98 Å². The minimum atomic E-state index is -0.432. The molecule has 3 heteroatoms. The van der Waals surface area contributed by atoms with Gasteiger partial charge in [0.05, 0.1) is 23.7 Å². The van der Waals surface area contributed by atoms with Crippen molar-refractivity contribution in [1.29, 1.82) is 0 Å². The van der Waals surface area contributed by atoms with E-state index in [1.54, 1.807) is 0 Å². The van der Waals surface area contributed by atoms with Crippen molar-refractivity contribution < 1.29 is 5.11 Å². The van der Waals surface area contributed by atoms with Crippen LogP contribution in [0.2, 0.25) is 0 Å². The smallest absolute Gasteiger partial charge is 0.0957 e. The number of piperidine rings is 1. The summed E-state index contributed by atoms with van der Waals surface area (Å²) in [7, 11) is 0. The van der Waals surface area contributed by atoms with Crippen LogP contribution in [0.15, 0.2) is 18.3 Å². The molecule has 1 saturated heterocycles. The lowest BCUT2D eigenvalue weighted by Crippen LogP contribution is -2.39. The molecular weight excluding hydrogens is 248 g/mol. The van der Waals surface area contributed by atoms with Gasteiger partial charge in [0.15, 0.2) is 0 Å². The molecule has 2 rings (SSSR count). The number of rotatable bonds is 5. The summed E-state index contributed by atoms with van der Waals surface area (Å²) < 4.78 is 0. The number of aromatic nitrogens is 1. The van der Waals surface area contributed by atoms with Crippen LogP contribution in [0.1, 0.15) is 64.7 Å². The van der Waals surface area contributed by atoms with Crippen LogP contribution in [0, 0.1) is 5.41 Å². The summed E-state index contributed by atoms with van der Waals surface area (Å²) in [6.45, 7) is 8.86. The molecule has 1 aliphatic rings. The molecule has 112 valence electrons. The predicted octanol–water partition coefficient (Wildman–Crippen LogP) is 3.93. The van der Waals surface area contributed by atoms with Gasteiger partial charge in [-0.2, -0.15) is 0 Å². The predicted molar refractivity (Wildman–Crippen MR) is 83.9 cm³/mol. The van der Waals surface area contributed by atoms with Gasteiger partial charge >= 0.3 is 0 Å². The molecular formula is C17H28N2O.